The molecule has 2 atom stereocenters. The summed E-state index contributed by atoms with van der Waals surface area (Å²) < 4.78 is 11.5. The zero-order chi connectivity index (χ0) is 19.0. The lowest BCUT2D eigenvalue weighted by Gasteiger charge is -2.24. The minimum atomic E-state index is -0.600. The largest absolute Gasteiger partial charge is 0.477 e. The Hall–Kier alpha value is -2.15. The fraction of sp³-hybridized carbons (Fsp3) is 0.650. The van der Waals surface area contributed by atoms with Crippen molar-refractivity contribution in [2.75, 3.05) is 19.8 Å². The number of amides is 2. The van der Waals surface area contributed by atoms with Gasteiger partial charge in [-0.15, -0.1) is 0 Å². The smallest absolute Gasteiger partial charge is 0.267 e. The first-order chi connectivity index (χ1) is 13.0. The normalized spacial score (nSPS) is 23.2. The van der Waals surface area contributed by atoms with Crippen LogP contribution in [0.4, 0.5) is 0 Å². The van der Waals surface area contributed by atoms with Crippen LogP contribution >= 0.6 is 0 Å². The Morgan fingerprint density at radius 1 is 1.22 bits per heavy atom. The second-order valence-corrected chi connectivity index (χ2v) is 8.11. The van der Waals surface area contributed by atoms with Crippen LogP contribution in [-0.4, -0.2) is 36.6 Å². The molecule has 1 aromatic heterocycles. The molecule has 0 radical (unpaired) electrons. The molecule has 2 unspecified atom stereocenters. The lowest BCUT2D eigenvalue weighted by Crippen LogP contribution is -2.26. The predicted octanol–water partition coefficient (Wildman–Crippen LogP) is 1.84. The van der Waals surface area contributed by atoms with Crippen molar-refractivity contribution in [2.45, 2.75) is 50.4 Å². The highest BCUT2D eigenvalue weighted by Gasteiger charge is 2.36. The van der Waals surface area contributed by atoms with E-state index < -0.39 is 11.8 Å². The summed E-state index contributed by atoms with van der Waals surface area (Å²) in [6.45, 7) is 1.83. The Bertz CT molecular complexity index is 737. The van der Waals surface area contributed by atoms with E-state index in [1.54, 1.807) is 0 Å². The van der Waals surface area contributed by atoms with Gasteiger partial charge in [0.05, 0.1) is 13.2 Å². The van der Waals surface area contributed by atoms with Gasteiger partial charge in [-0.1, -0.05) is 0 Å². The third-order valence-electron chi connectivity index (χ3n) is 5.80. The molecule has 27 heavy (non-hydrogen) atoms. The molecule has 2 heterocycles. The summed E-state index contributed by atoms with van der Waals surface area (Å²) in [6.07, 6.45) is 5.52. The molecule has 0 aromatic carbocycles. The molecule has 146 valence electrons. The van der Waals surface area contributed by atoms with Gasteiger partial charge in [-0.2, -0.15) is 0 Å². The Labute approximate surface area is 158 Å². The third kappa shape index (κ3) is 4.24. The van der Waals surface area contributed by atoms with Gasteiger partial charge in [-0.3, -0.25) is 9.59 Å². The van der Waals surface area contributed by atoms with Gasteiger partial charge >= 0.3 is 0 Å². The minimum Gasteiger partial charge on any atom is -0.477 e. The lowest BCUT2D eigenvalue weighted by molar-refractivity contribution is -0.118. The van der Waals surface area contributed by atoms with E-state index in [4.69, 9.17) is 20.9 Å². The Morgan fingerprint density at radius 3 is 2.56 bits per heavy atom. The maximum Gasteiger partial charge on any atom is 0.267 e. The van der Waals surface area contributed by atoms with Crippen LogP contribution in [0.25, 0.3) is 0 Å². The SMILES string of the molecule is NC(=O)CC(c1cc(C2CC2)c(OCC2CC2)nc1C(N)=O)C1CCOC1. The second kappa shape index (κ2) is 7.46. The number of pyridine rings is 1. The van der Waals surface area contributed by atoms with E-state index in [0.29, 0.717) is 37.5 Å². The van der Waals surface area contributed by atoms with Gasteiger partial charge in [-0.05, 0) is 61.5 Å². The van der Waals surface area contributed by atoms with E-state index in [0.717, 1.165) is 30.4 Å². The number of ether oxygens (including phenoxy) is 2. The van der Waals surface area contributed by atoms with Crippen molar-refractivity contribution in [1.29, 1.82) is 0 Å². The summed E-state index contributed by atoms with van der Waals surface area (Å²) in [4.78, 5) is 28.4. The van der Waals surface area contributed by atoms with Crippen molar-refractivity contribution in [1.82, 2.24) is 4.98 Å². The molecule has 1 saturated heterocycles. The molecule has 2 aliphatic carbocycles. The zero-order valence-electron chi connectivity index (χ0n) is 15.5. The Balaban J connectivity index is 1.72. The molecule has 3 fully saturated rings. The van der Waals surface area contributed by atoms with Crippen molar-refractivity contribution in [2.24, 2.45) is 23.3 Å². The number of hydrogen-bond acceptors (Lipinski definition) is 5. The first-order valence-electron chi connectivity index (χ1n) is 9.86. The second-order valence-electron chi connectivity index (χ2n) is 8.11. The predicted molar refractivity (Wildman–Crippen MR) is 98.4 cm³/mol. The van der Waals surface area contributed by atoms with Crippen molar-refractivity contribution in [3.05, 3.63) is 22.9 Å². The number of rotatable bonds is 9. The van der Waals surface area contributed by atoms with Gasteiger partial charge in [0, 0.05) is 24.5 Å². The Kier molecular flexibility index (Phi) is 5.04. The zero-order valence-corrected chi connectivity index (χ0v) is 15.5. The van der Waals surface area contributed by atoms with Gasteiger partial charge in [-0.25, -0.2) is 4.98 Å². The van der Waals surface area contributed by atoms with Crippen molar-refractivity contribution in [3.8, 4) is 5.88 Å². The number of carbonyl (C=O) groups is 2. The van der Waals surface area contributed by atoms with Crippen LogP contribution < -0.4 is 16.2 Å². The van der Waals surface area contributed by atoms with Crippen molar-refractivity contribution < 1.29 is 19.1 Å². The van der Waals surface area contributed by atoms with Crippen molar-refractivity contribution >= 4 is 11.8 Å². The highest BCUT2D eigenvalue weighted by atomic mass is 16.5. The van der Waals surface area contributed by atoms with Crippen LogP contribution in [0, 0.1) is 11.8 Å². The molecule has 4 N–H and O–H groups in total. The summed E-state index contributed by atoms with van der Waals surface area (Å²) in [5.41, 5.74) is 13.1. The summed E-state index contributed by atoms with van der Waals surface area (Å²) in [6, 6.07) is 2.00. The summed E-state index contributed by atoms with van der Waals surface area (Å²) in [7, 11) is 0. The highest BCUT2D eigenvalue weighted by molar-refractivity contribution is 5.93. The first kappa shape index (κ1) is 18.2. The highest BCUT2D eigenvalue weighted by Crippen LogP contribution is 2.46. The molecule has 4 rings (SSSR count). The molecule has 2 saturated carbocycles. The molecule has 7 heteroatoms. The molecular formula is C20H27N3O4. The third-order valence-corrected chi connectivity index (χ3v) is 5.80. The number of primary amides is 2. The summed E-state index contributed by atoms with van der Waals surface area (Å²) in [5, 5.41) is 0. The Morgan fingerprint density at radius 2 is 2.00 bits per heavy atom. The monoisotopic (exact) mass is 373 g/mol. The number of hydrogen-bond donors (Lipinski definition) is 2. The average molecular weight is 373 g/mol. The van der Waals surface area contributed by atoms with Crippen LogP contribution in [0.1, 0.15) is 72.0 Å². The molecule has 0 bridgehead atoms. The standard InChI is InChI=1S/C20H27N3O4/c21-17(24)8-14(13-5-6-26-10-13)16-7-15(12-3-4-12)20(23-18(16)19(22)25)27-9-11-1-2-11/h7,11-14H,1-6,8-10H2,(H2,21,24)(H2,22,25). The minimum absolute atomic E-state index is 0.127. The van der Waals surface area contributed by atoms with E-state index in [1.807, 2.05) is 6.07 Å². The van der Waals surface area contributed by atoms with E-state index in [-0.39, 0.29) is 24.0 Å². The van der Waals surface area contributed by atoms with E-state index in [2.05, 4.69) is 4.98 Å². The number of carbonyl (C=O) groups excluding carboxylic acids is 2. The van der Waals surface area contributed by atoms with E-state index in [1.165, 1.54) is 12.8 Å². The molecule has 2 amide bonds. The average Bonchev–Trinajstić information content (AvgIpc) is 3.56. The van der Waals surface area contributed by atoms with Crippen LogP contribution in [0.2, 0.25) is 0 Å². The van der Waals surface area contributed by atoms with Gasteiger partial charge in [0.15, 0.2) is 0 Å². The van der Waals surface area contributed by atoms with Crippen LogP contribution in [-0.2, 0) is 9.53 Å². The van der Waals surface area contributed by atoms with Gasteiger partial charge < -0.3 is 20.9 Å². The first-order valence-corrected chi connectivity index (χ1v) is 9.86. The van der Waals surface area contributed by atoms with E-state index >= 15 is 0 Å². The molecule has 1 aromatic rings. The fourth-order valence-corrected chi connectivity index (χ4v) is 3.91. The van der Waals surface area contributed by atoms with Crippen LogP contribution in [0.15, 0.2) is 6.07 Å². The topological polar surface area (TPSA) is 118 Å². The molecule has 1 aliphatic heterocycles. The molecule has 7 nitrogen and oxygen atoms in total. The quantitative estimate of drug-likeness (QED) is 0.685. The summed E-state index contributed by atoms with van der Waals surface area (Å²) >= 11 is 0. The van der Waals surface area contributed by atoms with Gasteiger partial charge in [0.25, 0.3) is 5.91 Å². The lowest BCUT2D eigenvalue weighted by atomic mass is 9.81. The van der Waals surface area contributed by atoms with E-state index in [9.17, 15) is 9.59 Å². The number of nitrogens with zero attached hydrogens (tertiary/aromatic N) is 1. The van der Waals surface area contributed by atoms with Crippen molar-refractivity contribution in [3.63, 3.8) is 0 Å². The number of nitrogens with two attached hydrogens (primary N) is 2. The van der Waals surface area contributed by atoms with Gasteiger partial charge in [0.1, 0.15) is 5.69 Å². The van der Waals surface area contributed by atoms with Crippen LogP contribution in [0.3, 0.4) is 0 Å². The summed E-state index contributed by atoms with van der Waals surface area (Å²) in [5.74, 6) is 0.441. The maximum atomic E-state index is 12.2. The fourth-order valence-electron chi connectivity index (χ4n) is 3.91. The number of aromatic nitrogens is 1. The maximum absolute atomic E-state index is 12.2. The molecule has 0 spiro atoms. The van der Waals surface area contributed by atoms with Crippen LogP contribution in [0.5, 0.6) is 5.88 Å². The molecule has 3 aliphatic rings. The molecular weight excluding hydrogens is 346 g/mol. The van der Waals surface area contributed by atoms with Gasteiger partial charge in [0.2, 0.25) is 11.8 Å².